The first-order valence-electron chi connectivity index (χ1n) is 16.9. The van der Waals surface area contributed by atoms with Crippen molar-refractivity contribution >= 4 is 58.9 Å². The standard InChI is InChI=1S/C36H32N10O8S/c47-33(41-13-17-43(18-14-41)35(49)27-23-37-9-11-39-27)7-3-25-1-5-31(29(21-25)45(51)52)55-32-6-2-26(22-30(32)46(53)54)4-8-34(48)42-15-19-44(20-16-42)36(50)28-24-38-10-12-40-28/h1-12,21-24H,13-20H2/b7-3+,8-4+. The lowest BCUT2D eigenvalue weighted by molar-refractivity contribution is -0.388. The first kappa shape index (κ1) is 37.9. The zero-order valence-corrected chi connectivity index (χ0v) is 29.9. The second-order valence-corrected chi connectivity index (χ2v) is 13.2. The fraction of sp³-hybridized carbons (Fsp3) is 0.222. The van der Waals surface area contributed by atoms with E-state index in [0.29, 0.717) is 63.5 Å². The smallest absolute Gasteiger partial charge is 0.283 e. The van der Waals surface area contributed by atoms with Gasteiger partial charge in [-0.2, -0.15) is 0 Å². The number of carbonyl (C=O) groups is 4. The zero-order valence-electron chi connectivity index (χ0n) is 29.0. The van der Waals surface area contributed by atoms with Crippen molar-refractivity contribution in [3.8, 4) is 0 Å². The number of nitro benzene ring substituents is 2. The summed E-state index contributed by atoms with van der Waals surface area (Å²) in [6.45, 7) is 2.40. The van der Waals surface area contributed by atoms with Crippen molar-refractivity contribution in [2.24, 2.45) is 0 Å². The van der Waals surface area contributed by atoms with Crippen molar-refractivity contribution in [2.45, 2.75) is 9.79 Å². The minimum Gasteiger partial charge on any atom is -0.336 e. The normalized spacial score (nSPS) is 14.7. The Kier molecular flexibility index (Phi) is 11.9. The van der Waals surface area contributed by atoms with Crippen molar-refractivity contribution in [3.63, 3.8) is 0 Å². The van der Waals surface area contributed by atoms with E-state index in [0.717, 1.165) is 11.8 Å². The van der Waals surface area contributed by atoms with E-state index in [2.05, 4.69) is 19.9 Å². The Morgan fingerprint density at radius 1 is 0.582 bits per heavy atom. The van der Waals surface area contributed by atoms with Gasteiger partial charge < -0.3 is 19.6 Å². The third-order valence-corrected chi connectivity index (χ3v) is 9.87. The molecule has 0 atom stereocenters. The molecule has 55 heavy (non-hydrogen) atoms. The number of amides is 4. The van der Waals surface area contributed by atoms with Gasteiger partial charge in [-0.15, -0.1) is 0 Å². The van der Waals surface area contributed by atoms with Gasteiger partial charge in [-0.1, -0.05) is 23.9 Å². The highest BCUT2D eigenvalue weighted by Crippen LogP contribution is 2.40. The van der Waals surface area contributed by atoms with Crippen molar-refractivity contribution in [1.29, 1.82) is 0 Å². The molecule has 2 fully saturated rings. The number of nitrogens with zero attached hydrogens (tertiary/aromatic N) is 10. The van der Waals surface area contributed by atoms with Gasteiger partial charge in [0.25, 0.3) is 23.2 Å². The molecule has 18 nitrogen and oxygen atoms in total. The molecule has 2 aromatic heterocycles. The summed E-state index contributed by atoms with van der Waals surface area (Å²) in [5.74, 6) is -1.20. The summed E-state index contributed by atoms with van der Waals surface area (Å²) < 4.78 is 0. The summed E-state index contributed by atoms with van der Waals surface area (Å²) in [6.07, 6.45) is 14.1. The second-order valence-electron chi connectivity index (χ2n) is 12.2. The number of nitro groups is 2. The van der Waals surface area contributed by atoms with Crippen LogP contribution in [0, 0.1) is 20.2 Å². The van der Waals surface area contributed by atoms with Gasteiger partial charge in [0.15, 0.2) is 0 Å². The summed E-state index contributed by atoms with van der Waals surface area (Å²) in [7, 11) is 0. The number of carbonyl (C=O) groups excluding carboxylic acids is 4. The largest absolute Gasteiger partial charge is 0.336 e. The summed E-state index contributed by atoms with van der Waals surface area (Å²) in [5.41, 5.74) is 0.572. The first-order chi connectivity index (χ1) is 26.6. The third kappa shape index (κ3) is 9.38. The van der Waals surface area contributed by atoms with Gasteiger partial charge in [0.2, 0.25) is 11.8 Å². The number of hydrogen-bond donors (Lipinski definition) is 0. The van der Waals surface area contributed by atoms with Crippen LogP contribution >= 0.6 is 11.8 Å². The number of piperazine rings is 2. The molecule has 0 aliphatic carbocycles. The highest BCUT2D eigenvalue weighted by Gasteiger charge is 2.27. The summed E-state index contributed by atoms with van der Waals surface area (Å²) in [5, 5.41) is 24.1. The van der Waals surface area contributed by atoms with E-state index in [1.807, 2.05) is 0 Å². The van der Waals surface area contributed by atoms with Gasteiger partial charge in [0.05, 0.1) is 32.0 Å². The third-order valence-electron chi connectivity index (χ3n) is 8.74. The number of aromatic nitrogens is 4. The van der Waals surface area contributed by atoms with Crippen LogP contribution in [0.2, 0.25) is 0 Å². The Hall–Kier alpha value is -6.89. The fourth-order valence-electron chi connectivity index (χ4n) is 5.80. The molecule has 2 aliphatic rings. The monoisotopic (exact) mass is 764 g/mol. The van der Waals surface area contributed by atoms with Crippen LogP contribution in [0.25, 0.3) is 12.2 Å². The van der Waals surface area contributed by atoms with Crippen LogP contribution < -0.4 is 0 Å². The van der Waals surface area contributed by atoms with Crippen LogP contribution in [0.1, 0.15) is 32.1 Å². The molecule has 0 spiro atoms. The molecule has 6 rings (SSSR count). The van der Waals surface area contributed by atoms with Gasteiger partial charge in [0, 0.05) is 101 Å². The molecule has 2 aromatic carbocycles. The molecule has 4 amide bonds. The molecule has 0 unspecified atom stereocenters. The SMILES string of the molecule is O=C(/C=C/c1ccc(Sc2ccc(/C=C/C(=O)N3CCN(C(=O)c4cnccn4)CC3)cc2[N+](=O)[O-])c([N+](=O)[O-])c1)N1CCN(C(=O)c2cnccn2)CC1. The molecule has 19 heteroatoms. The predicted octanol–water partition coefficient (Wildman–Crippen LogP) is 3.23. The molecule has 0 N–H and O–H groups in total. The van der Waals surface area contributed by atoms with Crippen LogP contribution in [-0.4, -0.2) is 125 Å². The number of hydrogen-bond acceptors (Lipinski definition) is 13. The topological polar surface area (TPSA) is 219 Å². The highest BCUT2D eigenvalue weighted by atomic mass is 32.2. The highest BCUT2D eigenvalue weighted by molar-refractivity contribution is 7.99. The zero-order chi connectivity index (χ0) is 38.9. The van der Waals surface area contributed by atoms with Gasteiger partial charge in [-0.05, 0) is 35.4 Å². The average molecular weight is 765 g/mol. The minimum absolute atomic E-state index is 0.149. The summed E-state index contributed by atoms with van der Waals surface area (Å²) in [4.78, 5) is 96.4. The molecule has 2 saturated heterocycles. The molecule has 4 aromatic rings. The van der Waals surface area contributed by atoms with E-state index in [1.54, 1.807) is 31.7 Å². The van der Waals surface area contributed by atoms with E-state index in [1.165, 1.54) is 85.8 Å². The Morgan fingerprint density at radius 3 is 1.31 bits per heavy atom. The van der Waals surface area contributed by atoms with Crippen LogP contribution in [-0.2, 0) is 9.59 Å². The van der Waals surface area contributed by atoms with Crippen molar-refractivity contribution in [2.75, 3.05) is 52.4 Å². The molecular formula is C36H32N10O8S. The quantitative estimate of drug-likeness (QED) is 0.129. The van der Waals surface area contributed by atoms with E-state index in [4.69, 9.17) is 0 Å². The maximum absolute atomic E-state index is 12.9. The van der Waals surface area contributed by atoms with E-state index >= 15 is 0 Å². The molecule has 0 saturated carbocycles. The average Bonchev–Trinajstić information content (AvgIpc) is 3.22. The Bertz CT molecular complexity index is 2020. The van der Waals surface area contributed by atoms with Crippen molar-refractivity contribution in [1.82, 2.24) is 39.5 Å². The first-order valence-corrected chi connectivity index (χ1v) is 17.7. The van der Waals surface area contributed by atoms with Crippen LogP contribution in [0.5, 0.6) is 0 Å². The Morgan fingerprint density at radius 2 is 0.964 bits per heavy atom. The van der Waals surface area contributed by atoms with Crippen molar-refractivity contribution < 1.29 is 29.0 Å². The fourth-order valence-corrected chi connectivity index (χ4v) is 6.79. The van der Waals surface area contributed by atoms with E-state index in [9.17, 15) is 39.4 Å². The lowest BCUT2D eigenvalue weighted by Crippen LogP contribution is -2.50. The van der Waals surface area contributed by atoms with Crippen LogP contribution in [0.4, 0.5) is 11.4 Å². The molecular weight excluding hydrogens is 733 g/mol. The minimum atomic E-state index is -0.602. The van der Waals surface area contributed by atoms with Gasteiger partial charge in [0.1, 0.15) is 11.4 Å². The molecule has 0 bridgehead atoms. The van der Waals surface area contributed by atoms with Gasteiger partial charge >= 0.3 is 0 Å². The summed E-state index contributed by atoms with van der Waals surface area (Å²) in [6, 6.07) is 8.61. The van der Waals surface area contributed by atoms with E-state index in [-0.39, 0.29) is 56.2 Å². The lowest BCUT2D eigenvalue weighted by atomic mass is 10.1. The molecule has 4 heterocycles. The predicted molar refractivity (Wildman–Crippen MR) is 197 cm³/mol. The van der Waals surface area contributed by atoms with Gasteiger partial charge in [-0.3, -0.25) is 49.4 Å². The summed E-state index contributed by atoms with van der Waals surface area (Å²) >= 11 is 0.848. The molecule has 280 valence electrons. The van der Waals surface area contributed by atoms with Crippen LogP contribution in [0.15, 0.2) is 95.5 Å². The Balaban J connectivity index is 1.06. The Labute approximate surface area is 317 Å². The second kappa shape index (κ2) is 17.3. The maximum atomic E-state index is 12.9. The number of benzene rings is 2. The molecule has 0 radical (unpaired) electrons. The maximum Gasteiger partial charge on any atom is 0.283 e. The molecule has 2 aliphatic heterocycles. The van der Waals surface area contributed by atoms with Crippen molar-refractivity contribution in [3.05, 3.63) is 128 Å². The number of rotatable bonds is 10. The van der Waals surface area contributed by atoms with Crippen LogP contribution in [0.3, 0.4) is 0 Å². The van der Waals surface area contributed by atoms with E-state index < -0.39 is 9.85 Å². The lowest BCUT2D eigenvalue weighted by Gasteiger charge is -2.34. The van der Waals surface area contributed by atoms with Gasteiger partial charge in [-0.25, -0.2) is 9.97 Å².